The van der Waals surface area contributed by atoms with Gasteiger partial charge in [-0.25, -0.2) is 0 Å². The van der Waals surface area contributed by atoms with E-state index in [1.807, 2.05) is 0 Å². The quantitative estimate of drug-likeness (QED) is 0.594. The van der Waals surface area contributed by atoms with Crippen molar-refractivity contribution in [3.8, 4) is 0 Å². The van der Waals surface area contributed by atoms with Crippen LogP contribution in [0.3, 0.4) is 0 Å². The average Bonchev–Trinajstić information content (AvgIpc) is 3.37. The minimum Gasteiger partial charge on any atom is -0.432 e. The first-order valence-corrected chi connectivity index (χ1v) is 10.8. The van der Waals surface area contributed by atoms with E-state index in [0.29, 0.717) is 17.5 Å². The number of benzene rings is 1. The zero-order valence-electron chi connectivity index (χ0n) is 17.3. The van der Waals surface area contributed by atoms with Crippen molar-refractivity contribution in [3.05, 3.63) is 46.8 Å². The molecule has 4 amide bonds. The molecule has 1 unspecified atom stereocenters. The topological polar surface area (TPSA) is 134 Å². The van der Waals surface area contributed by atoms with Crippen LogP contribution in [0.1, 0.15) is 63.6 Å². The first-order valence-electron chi connectivity index (χ1n) is 10.8. The average molecular weight is 437 g/mol. The molecule has 1 atom stereocenters. The summed E-state index contributed by atoms with van der Waals surface area (Å²) in [4.78, 5) is 55.3. The molecule has 0 spiro atoms. The van der Waals surface area contributed by atoms with Crippen molar-refractivity contribution in [1.82, 2.24) is 20.5 Å². The summed E-state index contributed by atoms with van der Waals surface area (Å²) in [7, 11) is 0. The van der Waals surface area contributed by atoms with Gasteiger partial charge >= 0.3 is 0 Å². The molecule has 166 valence electrons. The highest BCUT2D eigenvalue weighted by Gasteiger charge is 2.45. The molecule has 0 bridgehead atoms. The zero-order chi connectivity index (χ0) is 22.2. The number of carbonyl (C=O) groups excluding carboxylic acids is 4. The number of nitrogens with one attached hydrogen (secondary N) is 3. The number of nitrogens with zero attached hydrogens (tertiary/aromatic N) is 2. The number of amides is 4. The predicted octanol–water partition coefficient (Wildman–Crippen LogP) is 1.15. The van der Waals surface area contributed by atoms with Gasteiger partial charge in [0.25, 0.3) is 17.8 Å². The predicted molar refractivity (Wildman–Crippen MR) is 112 cm³/mol. The molecule has 1 aromatic heterocycles. The maximum atomic E-state index is 13.1. The molecule has 0 aliphatic carbocycles. The van der Waals surface area contributed by atoms with E-state index in [4.69, 9.17) is 4.42 Å². The Hall–Kier alpha value is -3.53. The molecule has 3 N–H and O–H groups in total. The molecule has 10 heteroatoms. The van der Waals surface area contributed by atoms with Crippen LogP contribution in [-0.4, -0.2) is 52.6 Å². The summed E-state index contributed by atoms with van der Waals surface area (Å²) in [5, 5.41) is 8.62. The highest BCUT2D eigenvalue weighted by Crippen LogP contribution is 2.31. The summed E-state index contributed by atoms with van der Waals surface area (Å²) < 4.78 is 5.56. The number of rotatable bonds is 5. The lowest BCUT2D eigenvalue weighted by molar-refractivity contribution is -0.136. The Labute approximate surface area is 183 Å². The summed E-state index contributed by atoms with van der Waals surface area (Å²) in [6, 6.07) is 4.40. The number of hydrogen-bond acceptors (Lipinski definition) is 8. The van der Waals surface area contributed by atoms with Gasteiger partial charge in [-0.05, 0) is 44.0 Å². The molecule has 2 aromatic rings. The summed E-state index contributed by atoms with van der Waals surface area (Å²) in [5.41, 5.74) is 2.03. The lowest BCUT2D eigenvalue weighted by atomic mass is 9.95. The Morgan fingerprint density at radius 1 is 1.09 bits per heavy atom. The van der Waals surface area contributed by atoms with Crippen molar-refractivity contribution in [1.29, 1.82) is 0 Å². The van der Waals surface area contributed by atoms with E-state index in [0.717, 1.165) is 36.5 Å². The van der Waals surface area contributed by atoms with Crippen LogP contribution in [-0.2, 0) is 16.1 Å². The van der Waals surface area contributed by atoms with Gasteiger partial charge in [0.15, 0.2) is 0 Å². The first-order chi connectivity index (χ1) is 15.5. The molecule has 3 aliphatic rings. The second kappa shape index (κ2) is 8.19. The van der Waals surface area contributed by atoms with E-state index >= 15 is 0 Å². The number of piperidine rings is 2. The highest BCUT2D eigenvalue weighted by molar-refractivity contribution is 6.24. The van der Waals surface area contributed by atoms with Gasteiger partial charge in [0.1, 0.15) is 12.3 Å². The van der Waals surface area contributed by atoms with Gasteiger partial charge in [0.05, 0.1) is 16.8 Å². The van der Waals surface area contributed by atoms with Gasteiger partial charge in [0.2, 0.25) is 11.8 Å². The number of imide groups is 2. The van der Waals surface area contributed by atoms with E-state index in [9.17, 15) is 19.2 Å². The van der Waals surface area contributed by atoms with Crippen molar-refractivity contribution < 1.29 is 23.6 Å². The van der Waals surface area contributed by atoms with E-state index < -0.39 is 29.7 Å². The molecular formula is C22H23N5O5. The summed E-state index contributed by atoms with van der Waals surface area (Å²) in [6.45, 7) is 2.14. The van der Waals surface area contributed by atoms with Gasteiger partial charge < -0.3 is 15.1 Å². The van der Waals surface area contributed by atoms with Crippen LogP contribution in [0, 0.1) is 0 Å². The fourth-order valence-corrected chi connectivity index (χ4v) is 4.58. The highest BCUT2D eigenvalue weighted by atomic mass is 16.4. The Kier molecular flexibility index (Phi) is 5.22. The van der Waals surface area contributed by atoms with Crippen molar-refractivity contribution in [2.45, 2.75) is 44.2 Å². The second-order valence-electron chi connectivity index (χ2n) is 8.24. The number of aromatic nitrogens is 1. The fourth-order valence-electron chi connectivity index (χ4n) is 4.58. The molecule has 0 saturated carbocycles. The Balaban J connectivity index is 1.33. The molecule has 0 radical (unpaired) electrons. The minimum absolute atomic E-state index is 0.0851. The van der Waals surface area contributed by atoms with Crippen LogP contribution in [0.2, 0.25) is 0 Å². The smallest absolute Gasteiger partial charge is 0.295 e. The molecule has 32 heavy (non-hydrogen) atoms. The van der Waals surface area contributed by atoms with E-state index in [1.165, 1.54) is 0 Å². The number of hydrogen-bond donors (Lipinski definition) is 3. The van der Waals surface area contributed by atoms with Crippen LogP contribution >= 0.6 is 0 Å². The number of oxazole rings is 1. The molecule has 1 aromatic carbocycles. The van der Waals surface area contributed by atoms with Crippen LogP contribution in [0.5, 0.6) is 0 Å². The first kappa shape index (κ1) is 20.4. The van der Waals surface area contributed by atoms with Crippen molar-refractivity contribution >= 4 is 29.6 Å². The van der Waals surface area contributed by atoms with Gasteiger partial charge in [-0.1, -0.05) is 12.1 Å². The van der Waals surface area contributed by atoms with Gasteiger partial charge in [0, 0.05) is 18.9 Å². The molecular weight excluding hydrogens is 414 g/mol. The number of fused-ring (bicyclic) bond motifs is 1. The third-order valence-electron chi connectivity index (χ3n) is 6.26. The van der Waals surface area contributed by atoms with Crippen LogP contribution in [0.25, 0.3) is 0 Å². The summed E-state index contributed by atoms with van der Waals surface area (Å²) >= 11 is 0. The molecule has 10 nitrogen and oxygen atoms in total. The molecule has 5 rings (SSSR count). The Morgan fingerprint density at radius 2 is 1.91 bits per heavy atom. The van der Waals surface area contributed by atoms with Gasteiger partial charge in [-0.3, -0.25) is 29.4 Å². The van der Waals surface area contributed by atoms with Crippen molar-refractivity contribution in [3.63, 3.8) is 0 Å². The van der Waals surface area contributed by atoms with Crippen LogP contribution in [0.15, 0.2) is 28.9 Å². The Morgan fingerprint density at radius 3 is 2.69 bits per heavy atom. The van der Waals surface area contributed by atoms with E-state index in [-0.39, 0.29) is 30.5 Å². The minimum atomic E-state index is -0.986. The summed E-state index contributed by atoms with van der Waals surface area (Å²) in [5.74, 6) is -1.72. The van der Waals surface area contributed by atoms with Crippen LogP contribution in [0.4, 0.5) is 6.01 Å². The number of anilines is 1. The van der Waals surface area contributed by atoms with Gasteiger partial charge in [-0.15, -0.1) is 0 Å². The normalized spacial score (nSPS) is 21.6. The third-order valence-corrected chi connectivity index (χ3v) is 6.26. The third kappa shape index (κ3) is 3.56. The second-order valence-corrected chi connectivity index (χ2v) is 8.24. The fraction of sp³-hybridized carbons (Fsp3) is 0.409. The standard InChI is InChI=1S/C22H23N5O5/c28-17-5-4-16(19(29)26-17)27-20(30)14-3-1-2-13(18(14)21(27)31)10-24-22-25-15(11-32-22)12-6-8-23-9-7-12/h1-3,11-12,16,23H,4-10H2,(H,24,25)(H,26,28,29). The SMILES string of the molecule is O=C1CCC(N2C(=O)c3cccc(CNc4nc(C5CCNCC5)co4)c3C2=O)C(=O)N1. The van der Waals surface area contributed by atoms with E-state index in [1.54, 1.807) is 24.5 Å². The largest absolute Gasteiger partial charge is 0.432 e. The lowest BCUT2D eigenvalue weighted by Crippen LogP contribution is -2.54. The van der Waals surface area contributed by atoms with Crippen molar-refractivity contribution in [2.75, 3.05) is 18.4 Å². The molecule has 2 saturated heterocycles. The molecule has 2 fully saturated rings. The number of carbonyl (C=O) groups is 4. The zero-order valence-corrected chi connectivity index (χ0v) is 17.3. The van der Waals surface area contributed by atoms with Crippen LogP contribution < -0.4 is 16.0 Å². The summed E-state index contributed by atoms with van der Waals surface area (Å²) in [6.07, 6.45) is 3.88. The maximum Gasteiger partial charge on any atom is 0.295 e. The monoisotopic (exact) mass is 437 g/mol. The van der Waals surface area contributed by atoms with Crippen molar-refractivity contribution in [2.24, 2.45) is 0 Å². The Bertz CT molecular complexity index is 1100. The van der Waals surface area contributed by atoms with Gasteiger partial charge in [-0.2, -0.15) is 4.98 Å². The maximum absolute atomic E-state index is 13.1. The molecule has 3 aliphatic heterocycles. The molecule has 4 heterocycles. The lowest BCUT2D eigenvalue weighted by Gasteiger charge is -2.27. The van der Waals surface area contributed by atoms with E-state index in [2.05, 4.69) is 20.9 Å².